The molecule has 0 N–H and O–H groups in total. The summed E-state index contributed by atoms with van der Waals surface area (Å²) in [5.41, 5.74) is 0. The lowest BCUT2D eigenvalue weighted by atomic mass is 10.4. The van der Waals surface area contributed by atoms with Crippen LogP contribution in [-0.4, -0.2) is 11.0 Å². The number of thiazole rings is 1. The van der Waals surface area contributed by atoms with Crippen LogP contribution in [0.3, 0.4) is 0 Å². The molecule has 3 nitrogen and oxygen atoms in total. The predicted octanol–water partition coefficient (Wildman–Crippen LogP) is 3.67. The summed E-state index contributed by atoms with van der Waals surface area (Å²) in [6.07, 6.45) is 4.24. The first-order chi connectivity index (χ1) is 7.83. The monoisotopic (exact) mass is 298 g/mol. The van der Waals surface area contributed by atoms with E-state index >= 15 is 0 Å². The maximum atomic E-state index is 5.39. The van der Waals surface area contributed by atoms with Gasteiger partial charge in [0.1, 0.15) is 10.4 Å². The van der Waals surface area contributed by atoms with E-state index in [0.29, 0.717) is 6.04 Å². The van der Waals surface area contributed by atoms with Crippen LogP contribution in [0.15, 0.2) is 32.8 Å². The van der Waals surface area contributed by atoms with Gasteiger partial charge in [-0.2, -0.15) is 0 Å². The van der Waals surface area contributed by atoms with Crippen molar-refractivity contribution in [3.63, 3.8) is 0 Å². The SMILES string of the molecule is Brc1csc(N(Cc2ccco2)C2CC2)n1. The third-order valence-corrected chi connectivity index (χ3v) is 4.19. The first kappa shape index (κ1) is 10.4. The van der Waals surface area contributed by atoms with Crippen LogP contribution in [0.25, 0.3) is 0 Å². The van der Waals surface area contributed by atoms with Gasteiger partial charge in [-0.1, -0.05) is 0 Å². The summed E-state index contributed by atoms with van der Waals surface area (Å²) in [6, 6.07) is 4.58. The van der Waals surface area contributed by atoms with Crippen LogP contribution in [0, 0.1) is 0 Å². The first-order valence-electron chi connectivity index (χ1n) is 5.23. The molecule has 0 atom stereocenters. The topological polar surface area (TPSA) is 29.3 Å². The first-order valence-corrected chi connectivity index (χ1v) is 6.90. The molecule has 0 unspecified atom stereocenters. The van der Waals surface area contributed by atoms with E-state index in [1.807, 2.05) is 17.5 Å². The van der Waals surface area contributed by atoms with Crippen LogP contribution in [0.1, 0.15) is 18.6 Å². The van der Waals surface area contributed by atoms with Gasteiger partial charge in [0.25, 0.3) is 0 Å². The van der Waals surface area contributed by atoms with Crippen molar-refractivity contribution in [3.05, 3.63) is 34.1 Å². The van der Waals surface area contributed by atoms with Gasteiger partial charge in [0.05, 0.1) is 12.8 Å². The zero-order valence-electron chi connectivity index (χ0n) is 8.60. The summed E-state index contributed by atoms with van der Waals surface area (Å²) >= 11 is 5.07. The van der Waals surface area contributed by atoms with Gasteiger partial charge in [-0.3, -0.25) is 0 Å². The molecule has 0 radical (unpaired) electrons. The minimum Gasteiger partial charge on any atom is -0.467 e. The van der Waals surface area contributed by atoms with Crippen molar-refractivity contribution in [1.82, 2.24) is 4.98 Å². The molecule has 0 aromatic carbocycles. The molecule has 0 bridgehead atoms. The highest BCUT2D eigenvalue weighted by Crippen LogP contribution is 2.35. The van der Waals surface area contributed by atoms with Crippen LogP contribution in [0.5, 0.6) is 0 Å². The Kier molecular flexibility index (Phi) is 2.73. The molecule has 2 aromatic heterocycles. The second-order valence-electron chi connectivity index (χ2n) is 3.89. The molecule has 0 spiro atoms. The smallest absolute Gasteiger partial charge is 0.187 e. The highest BCUT2D eigenvalue weighted by atomic mass is 79.9. The van der Waals surface area contributed by atoms with Crippen molar-refractivity contribution in [2.75, 3.05) is 4.90 Å². The number of nitrogens with zero attached hydrogens (tertiary/aromatic N) is 2. The Balaban J connectivity index is 1.81. The second kappa shape index (κ2) is 4.22. The largest absolute Gasteiger partial charge is 0.467 e. The van der Waals surface area contributed by atoms with Gasteiger partial charge in [-0.25, -0.2) is 4.98 Å². The van der Waals surface area contributed by atoms with E-state index in [9.17, 15) is 0 Å². The Labute approximate surface area is 106 Å². The average Bonchev–Trinajstić information content (AvgIpc) is 2.81. The van der Waals surface area contributed by atoms with Crippen molar-refractivity contribution >= 4 is 32.4 Å². The number of anilines is 1. The standard InChI is InChI=1S/C11H11BrN2OS/c12-10-7-16-11(13-10)14(8-3-4-8)6-9-2-1-5-15-9/h1-2,5,7-8H,3-4,6H2. The van der Waals surface area contributed by atoms with Gasteiger partial charge in [-0.05, 0) is 40.9 Å². The summed E-state index contributed by atoms with van der Waals surface area (Å²) < 4.78 is 6.31. The molecule has 0 amide bonds. The molecule has 84 valence electrons. The third kappa shape index (κ3) is 2.15. The summed E-state index contributed by atoms with van der Waals surface area (Å²) in [5.74, 6) is 0.998. The number of furan rings is 1. The average molecular weight is 299 g/mol. The van der Waals surface area contributed by atoms with Gasteiger partial charge in [0.2, 0.25) is 0 Å². The fraction of sp³-hybridized carbons (Fsp3) is 0.364. The predicted molar refractivity (Wildman–Crippen MR) is 67.7 cm³/mol. The molecule has 2 heterocycles. The van der Waals surface area contributed by atoms with E-state index in [1.165, 1.54) is 12.8 Å². The molecule has 5 heteroatoms. The fourth-order valence-electron chi connectivity index (χ4n) is 1.69. The molecule has 1 fully saturated rings. The van der Waals surface area contributed by atoms with Crippen molar-refractivity contribution in [2.45, 2.75) is 25.4 Å². The second-order valence-corrected chi connectivity index (χ2v) is 5.54. The van der Waals surface area contributed by atoms with Crippen LogP contribution in [0.4, 0.5) is 5.13 Å². The summed E-state index contributed by atoms with van der Waals surface area (Å²) in [7, 11) is 0. The summed E-state index contributed by atoms with van der Waals surface area (Å²) in [4.78, 5) is 6.80. The van der Waals surface area contributed by atoms with Gasteiger partial charge in [-0.15, -0.1) is 11.3 Å². The van der Waals surface area contributed by atoms with E-state index in [2.05, 4.69) is 25.8 Å². The number of hydrogen-bond acceptors (Lipinski definition) is 4. The minimum atomic E-state index is 0.642. The molecule has 1 aliphatic carbocycles. The molecule has 0 saturated heterocycles. The Morgan fingerprint density at radius 3 is 3.00 bits per heavy atom. The van der Waals surface area contributed by atoms with Crippen LogP contribution < -0.4 is 4.90 Å². The lowest BCUT2D eigenvalue weighted by Gasteiger charge is -2.19. The van der Waals surface area contributed by atoms with E-state index in [1.54, 1.807) is 17.6 Å². The fourth-order valence-corrected chi connectivity index (χ4v) is 3.01. The molecule has 1 saturated carbocycles. The van der Waals surface area contributed by atoms with E-state index in [-0.39, 0.29) is 0 Å². The van der Waals surface area contributed by atoms with Crippen molar-refractivity contribution < 1.29 is 4.42 Å². The lowest BCUT2D eigenvalue weighted by Crippen LogP contribution is -2.24. The molecular formula is C11H11BrN2OS. The minimum absolute atomic E-state index is 0.642. The molecular weight excluding hydrogens is 288 g/mol. The maximum absolute atomic E-state index is 5.39. The van der Waals surface area contributed by atoms with Crippen LogP contribution in [0.2, 0.25) is 0 Å². The summed E-state index contributed by atoms with van der Waals surface area (Å²) in [6.45, 7) is 0.817. The van der Waals surface area contributed by atoms with Gasteiger partial charge < -0.3 is 9.32 Å². The Morgan fingerprint density at radius 1 is 1.56 bits per heavy atom. The molecule has 1 aliphatic rings. The van der Waals surface area contributed by atoms with Gasteiger partial charge in [0.15, 0.2) is 5.13 Å². The molecule has 3 rings (SSSR count). The van der Waals surface area contributed by atoms with E-state index in [0.717, 1.165) is 22.0 Å². The summed E-state index contributed by atoms with van der Waals surface area (Å²) in [5, 5.41) is 3.10. The number of rotatable bonds is 4. The van der Waals surface area contributed by atoms with Crippen molar-refractivity contribution in [1.29, 1.82) is 0 Å². The Hall–Kier alpha value is -0.810. The number of hydrogen-bond donors (Lipinski definition) is 0. The molecule has 2 aromatic rings. The quantitative estimate of drug-likeness (QED) is 0.862. The zero-order valence-corrected chi connectivity index (χ0v) is 11.0. The zero-order chi connectivity index (χ0) is 11.0. The number of halogens is 1. The lowest BCUT2D eigenvalue weighted by molar-refractivity contribution is 0.501. The van der Waals surface area contributed by atoms with E-state index < -0.39 is 0 Å². The van der Waals surface area contributed by atoms with Crippen molar-refractivity contribution in [3.8, 4) is 0 Å². The highest BCUT2D eigenvalue weighted by molar-refractivity contribution is 9.10. The third-order valence-electron chi connectivity index (χ3n) is 2.60. The highest BCUT2D eigenvalue weighted by Gasteiger charge is 2.31. The maximum Gasteiger partial charge on any atom is 0.187 e. The van der Waals surface area contributed by atoms with Crippen molar-refractivity contribution in [2.24, 2.45) is 0 Å². The van der Waals surface area contributed by atoms with E-state index in [4.69, 9.17) is 4.42 Å². The normalized spacial score (nSPS) is 15.3. The Bertz CT molecular complexity index is 464. The van der Waals surface area contributed by atoms with Gasteiger partial charge >= 0.3 is 0 Å². The number of aromatic nitrogens is 1. The van der Waals surface area contributed by atoms with Crippen LogP contribution >= 0.6 is 27.3 Å². The molecule has 16 heavy (non-hydrogen) atoms. The van der Waals surface area contributed by atoms with Crippen LogP contribution in [-0.2, 0) is 6.54 Å². The Morgan fingerprint density at radius 2 is 2.44 bits per heavy atom. The van der Waals surface area contributed by atoms with Gasteiger partial charge in [0, 0.05) is 11.4 Å². The molecule has 0 aliphatic heterocycles.